The average molecular weight is 515 g/mol. The third-order valence-electron chi connectivity index (χ3n) is 6.05. The van der Waals surface area contributed by atoms with Gasteiger partial charge in [-0.3, -0.25) is 9.78 Å². The fourth-order valence-corrected chi connectivity index (χ4v) is 4.05. The van der Waals surface area contributed by atoms with Crippen LogP contribution in [-0.4, -0.2) is 65.5 Å². The second kappa shape index (κ2) is 11.9. The molecule has 2 aromatic carbocycles. The summed E-state index contributed by atoms with van der Waals surface area (Å²) in [4.78, 5) is 44.6. The van der Waals surface area contributed by atoms with Gasteiger partial charge >= 0.3 is 12.1 Å². The van der Waals surface area contributed by atoms with Crippen LogP contribution in [0.4, 0.5) is 4.79 Å². The van der Waals surface area contributed by atoms with Crippen LogP contribution in [0.1, 0.15) is 38.8 Å². The molecule has 1 aliphatic rings. The number of hydrogen-bond donors (Lipinski definition) is 0. The summed E-state index contributed by atoms with van der Waals surface area (Å²) < 4.78 is 15.8. The van der Waals surface area contributed by atoms with E-state index in [2.05, 4.69) is 15.8 Å². The third kappa shape index (κ3) is 6.25. The maximum Gasteiger partial charge on any atom is 0.415 e. The highest BCUT2D eigenvalue weighted by Gasteiger charge is 2.31. The summed E-state index contributed by atoms with van der Waals surface area (Å²) in [7, 11) is 1.25. The van der Waals surface area contributed by atoms with E-state index < -0.39 is 12.1 Å². The number of carbonyl (C=O) groups excluding carboxylic acids is 3. The van der Waals surface area contributed by atoms with Crippen LogP contribution in [0.15, 0.2) is 67.0 Å². The molecule has 10 heteroatoms. The van der Waals surface area contributed by atoms with Gasteiger partial charge in [0.05, 0.1) is 30.5 Å². The topological polar surface area (TPSA) is 122 Å². The Balaban J connectivity index is 1.31. The normalized spacial score (nSPS) is 14.8. The zero-order chi connectivity index (χ0) is 27.1. The SMILES string of the molecule is COC(=O)c1cncc(OC(=O)N2CCN(C(=O)c3ccc(OCc4cccc(C#N)c4)cc3)C(C)C2)c1. The van der Waals surface area contributed by atoms with Crippen molar-refractivity contribution in [2.45, 2.75) is 19.6 Å². The first-order chi connectivity index (χ1) is 18.4. The zero-order valence-corrected chi connectivity index (χ0v) is 21.0. The quantitative estimate of drug-likeness (QED) is 0.457. The van der Waals surface area contributed by atoms with Gasteiger partial charge in [0.1, 0.15) is 12.4 Å². The summed E-state index contributed by atoms with van der Waals surface area (Å²) in [6, 6.07) is 17.3. The molecule has 2 heterocycles. The van der Waals surface area contributed by atoms with Crippen molar-refractivity contribution in [2.75, 3.05) is 26.7 Å². The van der Waals surface area contributed by atoms with Crippen molar-refractivity contribution in [3.05, 3.63) is 89.2 Å². The minimum Gasteiger partial charge on any atom is -0.489 e. The molecule has 3 aromatic rings. The van der Waals surface area contributed by atoms with Crippen molar-refractivity contribution in [1.82, 2.24) is 14.8 Å². The van der Waals surface area contributed by atoms with Gasteiger partial charge in [-0.1, -0.05) is 12.1 Å². The Morgan fingerprint density at radius 2 is 1.82 bits per heavy atom. The maximum absolute atomic E-state index is 13.1. The molecule has 0 saturated carbocycles. The van der Waals surface area contributed by atoms with Crippen molar-refractivity contribution >= 4 is 18.0 Å². The lowest BCUT2D eigenvalue weighted by Gasteiger charge is -2.39. The number of methoxy groups -OCH3 is 1. The van der Waals surface area contributed by atoms with Gasteiger partial charge < -0.3 is 24.0 Å². The molecule has 1 aliphatic heterocycles. The number of nitriles is 1. The molecule has 0 radical (unpaired) electrons. The summed E-state index contributed by atoms with van der Waals surface area (Å²) in [6.07, 6.45) is 2.07. The lowest BCUT2D eigenvalue weighted by molar-refractivity contribution is 0.0495. The van der Waals surface area contributed by atoms with E-state index in [1.165, 1.54) is 30.5 Å². The molecule has 0 bridgehead atoms. The number of nitrogens with zero attached hydrogens (tertiary/aromatic N) is 4. The Morgan fingerprint density at radius 3 is 2.53 bits per heavy atom. The summed E-state index contributed by atoms with van der Waals surface area (Å²) in [6.45, 7) is 3.09. The monoisotopic (exact) mass is 514 g/mol. The number of amides is 2. The second-order valence-corrected chi connectivity index (χ2v) is 8.69. The Kier molecular flexibility index (Phi) is 8.18. The van der Waals surface area contributed by atoms with E-state index in [1.54, 1.807) is 47.4 Å². The number of rotatable bonds is 6. The molecule has 1 fully saturated rings. The zero-order valence-electron chi connectivity index (χ0n) is 21.0. The van der Waals surface area contributed by atoms with E-state index in [-0.39, 0.29) is 29.8 Å². The van der Waals surface area contributed by atoms with Gasteiger partial charge in [0.15, 0.2) is 5.75 Å². The van der Waals surface area contributed by atoms with Gasteiger partial charge in [-0.25, -0.2) is 9.59 Å². The highest BCUT2D eigenvalue weighted by molar-refractivity contribution is 5.94. The summed E-state index contributed by atoms with van der Waals surface area (Å²) in [5.74, 6) is 0.00862. The molecule has 0 spiro atoms. The van der Waals surface area contributed by atoms with Crippen molar-refractivity contribution in [3.8, 4) is 17.6 Å². The molecular weight excluding hydrogens is 488 g/mol. The molecular formula is C28H26N4O6. The van der Waals surface area contributed by atoms with Gasteiger partial charge in [0.25, 0.3) is 5.91 Å². The third-order valence-corrected chi connectivity index (χ3v) is 6.05. The van der Waals surface area contributed by atoms with Crippen LogP contribution in [0, 0.1) is 11.3 Å². The summed E-state index contributed by atoms with van der Waals surface area (Å²) >= 11 is 0. The van der Waals surface area contributed by atoms with Crippen LogP contribution in [0.25, 0.3) is 0 Å². The van der Waals surface area contributed by atoms with Crippen LogP contribution in [0.5, 0.6) is 11.5 Å². The number of pyridine rings is 1. The van der Waals surface area contributed by atoms with Crippen LogP contribution in [0.2, 0.25) is 0 Å². The first-order valence-electron chi connectivity index (χ1n) is 11.9. The van der Waals surface area contributed by atoms with Crippen LogP contribution >= 0.6 is 0 Å². The molecule has 10 nitrogen and oxygen atoms in total. The van der Waals surface area contributed by atoms with Gasteiger partial charge in [0.2, 0.25) is 0 Å². The average Bonchev–Trinajstić information content (AvgIpc) is 2.95. The fraction of sp³-hybridized carbons (Fsp3) is 0.250. The molecule has 194 valence electrons. The van der Waals surface area contributed by atoms with E-state index in [0.29, 0.717) is 36.6 Å². The molecule has 0 N–H and O–H groups in total. The number of esters is 1. The van der Waals surface area contributed by atoms with Crippen LogP contribution in [0.3, 0.4) is 0 Å². The first-order valence-corrected chi connectivity index (χ1v) is 11.9. The fourth-order valence-electron chi connectivity index (χ4n) is 4.05. The van der Waals surface area contributed by atoms with Gasteiger partial charge in [0, 0.05) is 37.4 Å². The Bertz CT molecular complexity index is 1370. The smallest absolute Gasteiger partial charge is 0.415 e. The number of piperazine rings is 1. The number of ether oxygens (including phenoxy) is 3. The highest BCUT2D eigenvalue weighted by atomic mass is 16.6. The standard InChI is InChI=1S/C28H26N4O6/c1-19-17-31(28(35)38-25-13-23(15-30-16-25)27(34)36-2)10-11-32(19)26(33)22-6-8-24(9-7-22)37-18-21-5-3-4-20(12-21)14-29/h3-9,12-13,15-16,19H,10-11,17-18H2,1-2H3. The van der Waals surface area contributed by atoms with E-state index >= 15 is 0 Å². The number of hydrogen-bond acceptors (Lipinski definition) is 8. The van der Waals surface area contributed by atoms with E-state index in [4.69, 9.17) is 14.7 Å². The maximum atomic E-state index is 13.1. The first kappa shape index (κ1) is 26.2. The number of carbonyl (C=O) groups is 3. The van der Waals surface area contributed by atoms with Crippen molar-refractivity contribution in [1.29, 1.82) is 5.26 Å². The predicted molar refractivity (Wildman–Crippen MR) is 136 cm³/mol. The van der Waals surface area contributed by atoms with Crippen molar-refractivity contribution in [2.24, 2.45) is 0 Å². The molecule has 1 atom stereocenters. The Labute approximate surface area is 220 Å². The minimum absolute atomic E-state index is 0.129. The Morgan fingerprint density at radius 1 is 1.03 bits per heavy atom. The minimum atomic E-state index is -0.588. The second-order valence-electron chi connectivity index (χ2n) is 8.69. The summed E-state index contributed by atoms with van der Waals surface area (Å²) in [5, 5.41) is 9.02. The molecule has 0 aliphatic carbocycles. The molecule has 4 rings (SSSR count). The summed E-state index contributed by atoms with van der Waals surface area (Å²) in [5.41, 5.74) is 2.13. The van der Waals surface area contributed by atoms with Crippen molar-refractivity contribution < 1.29 is 28.6 Å². The largest absolute Gasteiger partial charge is 0.489 e. The molecule has 2 amide bonds. The van der Waals surface area contributed by atoms with E-state index in [0.717, 1.165) is 5.56 Å². The number of aromatic nitrogens is 1. The van der Waals surface area contributed by atoms with Gasteiger partial charge in [-0.15, -0.1) is 0 Å². The Hall–Kier alpha value is -4.91. The van der Waals surface area contributed by atoms with Crippen LogP contribution in [-0.2, 0) is 11.3 Å². The molecule has 1 saturated heterocycles. The lowest BCUT2D eigenvalue weighted by Crippen LogP contribution is -2.56. The van der Waals surface area contributed by atoms with E-state index in [1.807, 2.05) is 13.0 Å². The van der Waals surface area contributed by atoms with Gasteiger partial charge in [-0.2, -0.15) is 5.26 Å². The van der Waals surface area contributed by atoms with Gasteiger partial charge in [-0.05, 0) is 55.0 Å². The predicted octanol–water partition coefficient (Wildman–Crippen LogP) is 3.66. The highest BCUT2D eigenvalue weighted by Crippen LogP contribution is 2.20. The van der Waals surface area contributed by atoms with Crippen molar-refractivity contribution in [3.63, 3.8) is 0 Å². The molecule has 38 heavy (non-hydrogen) atoms. The van der Waals surface area contributed by atoms with Crippen LogP contribution < -0.4 is 9.47 Å². The lowest BCUT2D eigenvalue weighted by atomic mass is 10.1. The number of benzene rings is 2. The van der Waals surface area contributed by atoms with E-state index in [9.17, 15) is 14.4 Å². The molecule has 1 unspecified atom stereocenters. The molecule has 1 aromatic heterocycles.